The SMILES string of the molecule is Cc1cc(N2C[C@H]3CC[C@@H](C2)C3Nc2nc3n(n2)CCOC3c2ccc(F)c(F)c2F)ncn1. The Morgan fingerprint density at radius 2 is 1.85 bits per heavy atom. The molecule has 2 aromatic heterocycles. The number of benzene rings is 1. The van der Waals surface area contributed by atoms with Crippen molar-refractivity contribution in [3.8, 4) is 0 Å². The number of halogens is 3. The molecule has 6 rings (SSSR count). The number of ether oxygens (including phenoxy) is 1. The number of nitrogens with one attached hydrogen (secondary N) is 1. The molecule has 1 saturated heterocycles. The van der Waals surface area contributed by atoms with Crippen LogP contribution in [0.4, 0.5) is 24.9 Å². The van der Waals surface area contributed by atoms with Crippen molar-refractivity contribution >= 4 is 11.8 Å². The van der Waals surface area contributed by atoms with Gasteiger partial charge in [0.25, 0.3) is 0 Å². The Hall–Kier alpha value is -3.21. The van der Waals surface area contributed by atoms with Crippen molar-refractivity contribution in [1.29, 1.82) is 0 Å². The fourth-order valence-electron chi connectivity index (χ4n) is 5.49. The van der Waals surface area contributed by atoms with Crippen molar-refractivity contribution in [2.45, 2.75) is 38.5 Å². The molecule has 1 saturated carbocycles. The Balaban J connectivity index is 1.22. The summed E-state index contributed by atoms with van der Waals surface area (Å²) in [4.78, 5) is 15.5. The first kappa shape index (κ1) is 21.3. The van der Waals surface area contributed by atoms with Crippen LogP contribution in [0.15, 0.2) is 24.5 Å². The molecule has 11 heteroatoms. The standard InChI is InChI=1S/C23H24F3N7O/c1-12-8-17(28-11-27-12)32-9-13-2-3-14(10-32)20(13)29-23-30-22-21(34-7-6-33(22)31-23)15-4-5-16(24)19(26)18(15)25/h4-5,8,11,13-14,20-21H,2-3,6-7,9-10H2,1H3,(H,29,31)/t13-,14+,20?,21?. The van der Waals surface area contributed by atoms with Gasteiger partial charge in [0.05, 0.1) is 13.2 Å². The number of fused-ring (bicyclic) bond motifs is 3. The van der Waals surface area contributed by atoms with Crippen LogP contribution in [-0.2, 0) is 11.3 Å². The fraction of sp³-hybridized carbons (Fsp3) is 0.478. The third-order valence-corrected chi connectivity index (χ3v) is 7.11. The summed E-state index contributed by atoms with van der Waals surface area (Å²) in [6, 6.07) is 4.31. The quantitative estimate of drug-likeness (QED) is 0.585. The first-order valence-electron chi connectivity index (χ1n) is 11.5. The molecule has 4 heterocycles. The van der Waals surface area contributed by atoms with Crippen LogP contribution in [0.2, 0.25) is 0 Å². The zero-order valence-corrected chi connectivity index (χ0v) is 18.6. The molecule has 2 aliphatic heterocycles. The average molecular weight is 471 g/mol. The molecule has 1 aliphatic carbocycles. The zero-order valence-electron chi connectivity index (χ0n) is 18.6. The molecule has 0 radical (unpaired) electrons. The van der Waals surface area contributed by atoms with Gasteiger partial charge in [0.1, 0.15) is 18.2 Å². The van der Waals surface area contributed by atoms with E-state index in [2.05, 4.69) is 30.3 Å². The molecule has 3 aromatic rings. The van der Waals surface area contributed by atoms with E-state index < -0.39 is 23.6 Å². The normalized spacial score (nSPS) is 25.9. The number of rotatable bonds is 4. The first-order valence-corrected chi connectivity index (χ1v) is 11.5. The zero-order chi connectivity index (χ0) is 23.4. The van der Waals surface area contributed by atoms with Gasteiger partial charge in [-0.25, -0.2) is 27.8 Å². The Morgan fingerprint density at radius 3 is 2.62 bits per heavy atom. The Kier molecular flexibility index (Phi) is 5.16. The smallest absolute Gasteiger partial charge is 0.242 e. The molecule has 4 atom stereocenters. The van der Waals surface area contributed by atoms with E-state index in [9.17, 15) is 13.2 Å². The lowest BCUT2D eigenvalue weighted by Gasteiger charge is -2.38. The number of anilines is 2. The van der Waals surface area contributed by atoms with E-state index in [4.69, 9.17) is 4.74 Å². The summed E-state index contributed by atoms with van der Waals surface area (Å²) in [5.41, 5.74) is 0.854. The third kappa shape index (κ3) is 3.58. The highest BCUT2D eigenvalue weighted by atomic mass is 19.2. The maximum absolute atomic E-state index is 14.5. The lowest BCUT2D eigenvalue weighted by molar-refractivity contribution is 0.0364. The molecule has 3 aliphatic rings. The molecule has 1 N–H and O–H groups in total. The summed E-state index contributed by atoms with van der Waals surface area (Å²) in [5, 5.41) is 8.07. The maximum atomic E-state index is 14.5. The predicted molar refractivity (Wildman–Crippen MR) is 117 cm³/mol. The van der Waals surface area contributed by atoms with Crippen molar-refractivity contribution in [3.05, 3.63) is 59.1 Å². The minimum atomic E-state index is -1.52. The van der Waals surface area contributed by atoms with E-state index in [1.807, 2.05) is 13.0 Å². The van der Waals surface area contributed by atoms with Crippen LogP contribution in [0.25, 0.3) is 0 Å². The first-order chi connectivity index (χ1) is 16.5. The topological polar surface area (TPSA) is 81.0 Å². The van der Waals surface area contributed by atoms with Gasteiger partial charge in [-0.3, -0.25) is 0 Å². The van der Waals surface area contributed by atoms with Crippen LogP contribution in [0.3, 0.4) is 0 Å². The van der Waals surface area contributed by atoms with Crippen molar-refractivity contribution in [3.63, 3.8) is 0 Å². The molecule has 0 spiro atoms. The lowest BCUT2D eigenvalue weighted by atomic mass is 9.92. The molecule has 34 heavy (non-hydrogen) atoms. The van der Waals surface area contributed by atoms with E-state index in [0.717, 1.165) is 43.5 Å². The van der Waals surface area contributed by atoms with Crippen molar-refractivity contribution in [1.82, 2.24) is 24.7 Å². The second kappa shape index (κ2) is 8.23. The largest absolute Gasteiger partial charge is 0.363 e. The molecule has 178 valence electrons. The van der Waals surface area contributed by atoms with E-state index in [1.165, 1.54) is 6.07 Å². The van der Waals surface area contributed by atoms with Gasteiger partial charge >= 0.3 is 0 Å². The highest BCUT2D eigenvalue weighted by Crippen LogP contribution is 2.40. The van der Waals surface area contributed by atoms with Gasteiger partial charge in [-0.15, -0.1) is 5.10 Å². The summed E-state index contributed by atoms with van der Waals surface area (Å²) >= 11 is 0. The number of hydrogen-bond donors (Lipinski definition) is 1. The predicted octanol–water partition coefficient (Wildman–Crippen LogP) is 3.24. The van der Waals surface area contributed by atoms with Crippen LogP contribution >= 0.6 is 0 Å². The monoisotopic (exact) mass is 471 g/mol. The lowest BCUT2D eigenvalue weighted by Crippen LogP contribution is -2.48. The summed E-state index contributed by atoms with van der Waals surface area (Å²) in [6.45, 7) is 4.43. The number of aryl methyl sites for hydroxylation is 1. The third-order valence-electron chi connectivity index (χ3n) is 7.11. The van der Waals surface area contributed by atoms with Gasteiger partial charge in [-0.05, 0) is 43.7 Å². The van der Waals surface area contributed by atoms with Crippen molar-refractivity contribution in [2.75, 3.05) is 29.9 Å². The van der Waals surface area contributed by atoms with Gasteiger partial charge in [-0.2, -0.15) is 4.98 Å². The van der Waals surface area contributed by atoms with Gasteiger partial charge in [-0.1, -0.05) is 0 Å². The van der Waals surface area contributed by atoms with Crippen LogP contribution in [-0.4, -0.2) is 50.5 Å². The summed E-state index contributed by atoms with van der Waals surface area (Å²) in [7, 11) is 0. The van der Waals surface area contributed by atoms with E-state index in [0.29, 0.717) is 30.2 Å². The minimum Gasteiger partial charge on any atom is -0.363 e. The van der Waals surface area contributed by atoms with Gasteiger partial charge < -0.3 is 15.0 Å². The number of hydrogen-bond acceptors (Lipinski definition) is 7. The molecular formula is C23H24F3N7O. The second-order valence-corrected chi connectivity index (χ2v) is 9.22. The highest BCUT2D eigenvalue weighted by molar-refractivity contribution is 5.42. The van der Waals surface area contributed by atoms with E-state index in [1.54, 1.807) is 11.0 Å². The minimum absolute atomic E-state index is 0.0904. The molecule has 8 nitrogen and oxygen atoms in total. The van der Waals surface area contributed by atoms with Crippen molar-refractivity contribution in [2.24, 2.45) is 11.8 Å². The molecule has 1 aromatic carbocycles. The van der Waals surface area contributed by atoms with Crippen molar-refractivity contribution < 1.29 is 17.9 Å². The number of piperidine rings is 1. The van der Waals surface area contributed by atoms with E-state index >= 15 is 0 Å². The van der Waals surface area contributed by atoms with Crippen LogP contribution in [0.5, 0.6) is 0 Å². The van der Waals surface area contributed by atoms with E-state index in [-0.39, 0.29) is 18.2 Å². The number of nitrogens with zero attached hydrogens (tertiary/aromatic N) is 6. The van der Waals surface area contributed by atoms with Crippen LogP contribution < -0.4 is 10.2 Å². The Labute approximate surface area is 194 Å². The second-order valence-electron chi connectivity index (χ2n) is 9.22. The van der Waals surface area contributed by atoms with Gasteiger partial charge in [0.15, 0.2) is 23.3 Å². The fourth-order valence-corrected chi connectivity index (χ4v) is 5.49. The Bertz CT molecular complexity index is 1220. The molecule has 2 unspecified atom stereocenters. The van der Waals surface area contributed by atoms with Gasteiger partial charge in [0.2, 0.25) is 5.95 Å². The van der Waals surface area contributed by atoms with Gasteiger partial charge in [0, 0.05) is 36.5 Å². The molecule has 2 fully saturated rings. The average Bonchev–Trinajstić information content (AvgIpc) is 3.33. The summed E-state index contributed by atoms with van der Waals surface area (Å²) in [6.07, 6.45) is 2.85. The summed E-state index contributed by atoms with van der Waals surface area (Å²) < 4.78 is 49.0. The molecular weight excluding hydrogens is 447 g/mol. The molecule has 2 bridgehead atoms. The van der Waals surface area contributed by atoms with Crippen LogP contribution in [0.1, 0.15) is 36.0 Å². The summed E-state index contributed by atoms with van der Waals surface area (Å²) in [5.74, 6) is -1.43. The highest BCUT2D eigenvalue weighted by Gasteiger charge is 2.43. The Morgan fingerprint density at radius 1 is 1.06 bits per heavy atom. The maximum Gasteiger partial charge on any atom is 0.242 e. The van der Waals surface area contributed by atoms with Crippen LogP contribution in [0, 0.1) is 36.2 Å². The molecule has 0 amide bonds. The number of aromatic nitrogens is 5.